The molecule has 0 fully saturated rings. The Balaban J connectivity index is 3.79. The molecule has 0 saturated heterocycles. The predicted molar refractivity (Wildman–Crippen MR) is 67.9 cm³/mol. The first kappa shape index (κ1) is 14.1. The highest BCUT2D eigenvalue weighted by Gasteiger charge is 2.30. The van der Waals surface area contributed by atoms with E-state index in [4.69, 9.17) is 0 Å². The van der Waals surface area contributed by atoms with Gasteiger partial charge in [-0.1, -0.05) is 20.8 Å². The molecule has 1 aromatic rings. The van der Waals surface area contributed by atoms with Crippen LogP contribution in [-0.2, 0) is 5.41 Å². The lowest BCUT2D eigenvalue weighted by Crippen LogP contribution is -2.17. The second kappa shape index (κ2) is 4.36. The number of nitrogens with zero attached hydrogens (tertiary/aromatic N) is 2. The van der Waals surface area contributed by atoms with Crippen LogP contribution in [0.2, 0.25) is 0 Å². The highest BCUT2D eigenvalue weighted by atomic mass is 16.6. The van der Waals surface area contributed by atoms with Crippen LogP contribution < -0.4 is 0 Å². The number of hydrogen-bond acceptors (Lipinski definition) is 4. The van der Waals surface area contributed by atoms with Crippen molar-refractivity contribution >= 4 is 11.4 Å². The maximum Gasteiger partial charge on any atom is 0.279 e. The van der Waals surface area contributed by atoms with Gasteiger partial charge in [0.25, 0.3) is 11.4 Å². The zero-order valence-corrected chi connectivity index (χ0v) is 11.1. The summed E-state index contributed by atoms with van der Waals surface area (Å²) in [5.41, 5.74) is 0.884. The number of nitro groups is 2. The van der Waals surface area contributed by atoms with Crippen LogP contribution in [0.25, 0.3) is 0 Å². The molecule has 0 amide bonds. The van der Waals surface area contributed by atoms with Crippen molar-refractivity contribution in [2.24, 2.45) is 0 Å². The quantitative estimate of drug-likeness (QED) is 0.596. The van der Waals surface area contributed by atoms with Crippen LogP contribution in [0.4, 0.5) is 11.4 Å². The van der Waals surface area contributed by atoms with Gasteiger partial charge in [-0.05, 0) is 24.8 Å². The van der Waals surface area contributed by atoms with Gasteiger partial charge < -0.3 is 0 Å². The minimum absolute atomic E-state index is 0.197. The molecule has 0 aliphatic rings. The molecular formula is C12H16N2O4. The van der Waals surface area contributed by atoms with E-state index < -0.39 is 9.85 Å². The molecule has 0 aromatic heterocycles. The molecule has 0 saturated carbocycles. The maximum atomic E-state index is 11.0. The summed E-state index contributed by atoms with van der Waals surface area (Å²) < 4.78 is 0. The van der Waals surface area contributed by atoms with Crippen molar-refractivity contribution in [2.75, 3.05) is 0 Å². The van der Waals surface area contributed by atoms with Crippen molar-refractivity contribution in [3.05, 3.63) is 43.0 Å². The monoisotopic (exact) mass is 252 g/mol. The lowest BCUT2D eigenvalue weighted by molar-refractivity contribution is -0.395. The molecule has 0 unspecified atom stereocenters. The predicted octanol–water partition coefficient (Wildman–Crippen LogP) is 3.42. The molecule has 1 rings (SSSR count). The molecule has 0 heterocycles. The van der Waals surface area contributed by atoms with E-state index in [0.29, 0.717) is 16.7 Å². The van der Waals surface area contributed by atoms with Crippen LogP contribution in [0.5, 0.6) is 0 Å². The molecule has 98 valence electrons. The van der Waals surface area contributed by atoms with Gasteiger partial charge >= 0.3 is 0 Å². The summed E-state index contributed by atoms with van der Waals surface area (Å²) in [4.78, 5) is 20.8. The van der Waals surface area contributed by atoms with Crippen molar-refractivity contribution in [3.63, 3.8) is 0 Å². The fourth-order valence-electron chi connectivity index (χ4n) is 2.39. The number of rotatable bonds is 2. The van der Waals surface area contributed by atoms with Gasteiger partial charge in [0.2, 0.25) is 0 Å². The molecule has 0 atom stereocenters. The second-order valence-electron chi connectivity index (χ2n) is 5.30. The van der Waals surface area contributed by atoms with Gasteiger partial charge in [-0.25, -0.2) is 0 Å². The van der Waals surface area contributed by atoms with Gasteiger partial charge in [-0.2, -0.15) is 0 Å². The van der Waals surface area contributed by atoms with Gasteiger partial charge in [0.1, 0.15) is 0 Å². The summed E-state index contributed by atoms with van der Waals surface area (Å²) in [6.07, 6.45) is 0. The molecule has 0 bridgehead atoms. The van der Waals surface area contributed by atoms with E-state index in [1.807, 2.05) is 20.8 Å². The lowest BCUT2D eigenvalue weighted by Gasteiger charge is -2.23. The fraction of sp³-hybridized carbons (Fsp3) is 0.500. The summed E-state index contributed by atoms with van der Waals surface area (Å²) in [5, 5.41) is 21.9. The van der Waals surface area contributed by atoms with Crippen molar-refractivity contribution in [3.8, 4) is 0 Å². The fourth-order valence-corrected chi connectivity index (χ4v) is 2.39. The maximum absolute atomic E-state index is 11.0. The molecule has 1 aromatic carbocycles. The van der Waals surface area contributed by atoms with Crippen LogP contribution >= 0.6 is 0 Å². The SMILES string of the molecule is Cc1c([N+](=O)[O-])cc([N+](=O)[O-])c(C)c1C(C)(C)C. The first-order valence-corrected chi connectivity index (χ1v) is 5.50. The van der Waals surface area contributed by atoms with Crippen LogP contribution in [0.3, 0.4) is 0 Å². The Morgan fingerprint density at radius 1 is 0.944 bits per heavy atom. The first-order valence-electron chi connectivity index (χ1n) is 5.50. The van der Waals surface area contributed by atoms with E-state index in [2.05, 4.69) is 0 Å². The zero-order valence-electron chi connectivity index (χ0n) is 11.1. The van der Waals surface area contributed by atoms with E-state index in [0.717, 1.165) is 6.07 Å². The van der Waals surface area contributed by atoms with Gasteiger partial charge in [0.15, 0.2) is 0 Å². The molecule has 6 heteroatoms. The molecular weight excluding hydrogens is 236 g/mol. The lowest BCUT2D eigenvalue weighted by atomic mass is 9.80. The third kappa shape index (κ3) is 2.32. The van der Waals surface area contributed by atoms with E-state index >= 15 is 0 Å². The summed E-state index contributed by atoms with van der Waals surface area (Å²) in [6.45, 7) is 8.92. The summed E-state index contributed by atoms with van der Waals surface area (Å²) in [7, 11) is 0. The number of benzene rings is 1. The highest BCUT2D eigenvalue weighted by Crippen LogP contribution is 2.38. The third-order valence-electron chi connectivity index (χ3n) is 2.94. The molecule has 6 nitrogen and oxygen atoms in total. The Labute approximate surface area is 105 Å². The summed E-state index contributed by atoms with van der Waals surface area (Å²) >= 11 is 0. The average Bonchev–Trinajstić information content (AvgIpc) is 2.13. The topological polar surface area (TPSA) is 86.3 Å². The van der Waals surface area contributed by atoms with Crippen molar-refractivity contribution in [2.45, 2.75) is 40.0 Å². The smallest absolute Gasteiger partial charge is 0.258 e. The van der Waals surface area contributed by atoms with E-state index in [1.165, 1.54) is 0 Å². The Morgan fingerprint density at radius 2 is 1.28 bits per heavy atom. The average molecular weight is 252 g/mol. The van der Waals surface area contributed by atoms with E-state index in [9.17, 15) is 20.2 Å². The van der Waals surface area contributed by atoms with E-state index in [1.54, 1.807) is 13.8 Å². The third-order valence-corrected chi connectivity index (χ3v) is 2.94. The summed E-state index contributed by atoms with van der Waals surface area (Å²) in [5.74, 6) is 0. The van der Waals surface area contributed by atoms with Crippen molar-refractivity contribution < 1.29 is 9.85 Å². The first-order chi connectivity index (χ1) is 8.07. The molecule has 0 aliphatic heterocycles. The molecule has 18 heavy (non-hydrogen) atoms. The standard InChI is InChI=1S/C12H16N2O4/c1-7-9(13(15)16)6-10(14(17)18)8(2)11(7)12(3,4)5/h6H,1-5H3. The molecule has 0 spiro atoms. The molecule has 0 radical (unpaired) electrons. The summed E-state index contributed by atoms with van der Waals surface area (Å²) in [6, 6.07) is 1.04. The van der Waals surface area contributed by atoms with Gasteiger partial charge in [-0.3, -0.25) is 20.2 Å². The van der Waals surface area contributed by atoms with Crippen LogP contribution in [0, 0.1) is 34.1 Å². The Hall–Kier alpha value is -1.98. The minimum Gasteiger partial charge on any atom is -0.258 e. The van der Waals surface area contributed by atoms with Crippen LogP contribution in [0.15, 0.2) is 6.07 Å². The largest absolute Gasteiger partial charge is 0.279 e. The molecule has 0 N–H and O–H groups in total. The molecule has 0 aliphatic carbocycles. The van der Waals surface area contributed by atoms with Crippen molar-refractivity contribution in [1.82, 2.24) is 0 Å². The van der Waals surface area contributed by atoms with Crippen molar-refractivity contribution in [1.29, 1.82) is 0 Å². The van der Waals surface area contributed by atoms with Crippen LogP contribution in [-0.4, -0.2) is 9.85 Å². The van der Waals surface area contributed by atoms with Gasteiger partial charge in [0.05, 0.1) is 15.9 Å². The number of nitro benzene ring substituents is 2. The number of hydrogen-bond donors (Lipinski definition) is 0. The normalized spacial score (nSPS) is 11.4. The van der Waals surface area contributed by atoms with E-state index in [-0.39, 0.29) is 16.8 Å². The zero-order chi connectivity index (χ0) is 14.2. The van der Waals surface area contributed by atoms with Gasteiger partial charge in [0, 0.05) is 11.1 Å². The van der Waals surface area contributed by atoms with Crippen LogP contribution in [0.1, 0.15) is 37.5 Å². The Bertz CT molecular complexity index is 492. The minimum atomic E-state index is -0.572. The van der Waals surface area contributed by atoms with Gasteiger partial charge in [-0.15, -0.1) is 0 Å². The highest BCUT2D eigenvalue weighted by molar-refractivity contribution is 5.60. The Kier molecular flexibility index (Phi) is 3.41. The Morgan fingerprint density at radius 3 is 1.50 bits per heavy atom. The second-order valence-corrected chi connectivity index (χ2v) is 5.30.